The van der Waals surface area contributed by atoms with Gasteiger partial charge in [0.05, 0.1) is 32.9 Å². The molecule has 3 N–H and O–H groups in total. The SMILES string of the molecule is CO[C@H]1CN(c2cc(C(=O)O)ncc2Cl)CC[C@H]1NC(=O)c1[nH]c(C)c(Cl)c1Cl. The highest BCUT2D eigenvalue weighted by Gasteiger charge is 2.33. The molecule has 0 unspecified atom stereocenters. The minimum Gasteiger partial charge on any atom is -0.477 e. The van der Waals surface area contributed by atoms with E-state index in [4.69, 9.17) is 39.5 Å². The van der Waals surface area contributed by atoms with Gasteiger partial charge in [0.2, 0.25) is 0 Å². The van der Waals surface area contributed by atoms with E-state index in [1.165, 1.54) is 12.3 Å². The maximum Gasteiger partial charge on any atom is 0.354 e. The van der Waals surface area contributed by atoms with Crippen molar-refractivity contribution < 1.29 is 19.4 Å². The van der Waals surface area contributed by atoms with Gasteiger partial charge in [-0.25, -0.2) is 9.78 Å². The summed E-state index contributed by atoms with van der Waals surface area (Å²) in [5.74, 6) is -1.51. The zero-order chi connectivity index (χ0) is 21.3. The van der Waals surface area contributed by atoms with Crippen molar-refractivity contribution in [3.8, 4) is 0 Å². The molecule has 0 saturated carbocycles. The fraction of sp³-hybridized carbons (Fsp3) is 0.389. The van der Waals surface area contributed by atoms with E-state index >= 15 is 0 Å². The number of anilines is 1. The van der Waals surface area contributed by atoms with Gasteiger partial charge >= 0.3 is 5.97 Å². The van der Waals surface area contributed by atoms with E-state index in [2.05, 4.69) is 15.3 Å². The first-order valence-corrected chi connectivity index (χ1v) is 9.87. The van der Waals surface area contributed by atoms with Crippen LogP contribution in [-0.2, 0) is 4.74 Å². The Balaban J connectivity index is 1.74. The molecule has 8 nitrogen and oxygen atoms in total. The number of aryl methyl sites for hydroxylation is 1. The van der Waals surface area contributed by atoms with Crippen molar-refractivity contribution in [2.75, 3.05) is 25.1 Å². The lowest BCUT2D eigenvalue weighted by Crippen LogP contribution is -2.55. The second-order valence-electron chi connectivity index (χ2n) is 6.67. The monoisotopic (exact) mass is 460 g/mol. The Morgan fingerprint density at radius 1 is 1.34 bits per heavy atom. The maximum absolute atomic E-state index is 12.6. The minimum atomic E-state index is -1.13. The van der Waals surface area contributed by atoms with E-state index in [-0.39, 0.29) is 34.5 Å². The molecule has 156 valence electrons. The number of hydrogen-bond donors (Lipinski definition) is 3. The van der Waals surface area contributed by atoms with E-state index in [0.717, 1.165) is 0 Å². The zero-order valence-corrected chi connectivity index (χ0v) is 17.9. The quantitative estimate of drug-likeness (QED) is 0.630. The Kier molecular flexibility index (Phi) is 6.58. The summed E-state index contributed by atoms with van der Waals surface area (Å²) in [6.45, 7) is 2.67. The smallest absolute Gasteiger partial charge is 0.354 e. The average Bonchev–Trinajstić information content (AvgIpc) is 2.96. The summed E-state index contributed by atoms with van der Waals surface area (Å²) >= 11 is 18.4. The first-order chi connectivity index (χ1) is 13.7. The number of amides is 1. The number of nitrogens with zero attached hydrogens (tertiary/aromatic N) is 2. The molecule has 3 rings (SSSR count). The molecule has 1 aliphatic heterocycles. The highest BCUT2D eigenvalue weighted by Crippen LogP contribution is 2.31. The number of aromatic carboxylic acids is 1. The van der Waals surface area contributed by atoms with Crippen LogP contribution in [0.1, 0.15) is 33.1 Å². The fourth-order valence-electron chi connectivity index (χ4n) is 3.30. The van der Waals surface area contributed by atoms with Crippen LogP contribution in [0.4, 0.5) is 5.69 Å². The van der Waals surface area contributed by atoms with Crippen LogP contribution in [0.3, 0.4) is 0 Å². The van der Waals surface area contributed by atoms with Crippen LogP contribution < -0.4 is 10.2 Å². The lowest BCUT2D eigenvalue weighted by molar-refractivity contribution is 0.0540. The normalized spacial score (nSPS) is 19.3. The van der Waals surface area contributed by atoms with Gasteiger partial charge in [-0.2, -0.15) is 0 Å². The van der Waals surface area contributed by atoms with Gasteiger partial charge in [-0.15, -0.1) is 0 Å². The Hall–Kier alpha value is -2.00. The van der Waals surface area contributed by atoms with Crippen LogP contribution in [0.25, 0.3) is 0 Å². The van der Waals surface area contributed by atoms with Crippen LogP contribution in [0, 0.1) is 6.92 Å². The highest BCUT2D eigenvalue weighted by molar-refractivity contribution is 6.44. The molecule has 0 bridgehead atoms. The third-order valence-corrected chi connectivity index (χ3v) is 6.09. The number of aromatic amines is 1. The first kappa shape index (κ1) is 21.7. The van der Waals surface area contributed by atoms with Crippen LogP contribution >= 0.6 is 34.8 Å². The molecule has 1 amide bonds. The van der Waals surface area contributed by atoms with E-state index < -0.39 is 5.97 Å². The predicted octanol–water partition coefficient (Wildman–Crippen LogP) is 3.40. The second-order valence-corrected chi connectivity index (χ2v) is 7.83. The lowest BCUT2D eigenvalue weighted by Gasteiger charge is -2.39. The van der Waals surface area contributed by atoms with E-state index in [0.29, 0.717) is 40.9 Å². The third-order valence-electron chi connectivity index (χ3n) is 4.85. The first-order valence-electron chi connectivity index (χ1n) is 8.74. The summed E-state index contributed by atoms with van der Waals surface area (Å²) in [6, 6.07) is 1.15. The minimum absolute atomic E-state index is 0.0950. The van der Waals surface area contributed by atoms with Gasteiger partial charge in [0.25, 0.3) is 5.91 Å². The molecule has 1 saturated heterocycles. The number of aromatic nitrogens is 2. The third kappa shape index (κ3) is 4.45. The zero-order valence-electron chi connectivity index (χ0n) is 15.6. The summed E-state index contributed by atoms with van der Waals surface area (Å²) in [5.41, 5.74) is 1.28. The van der Waals surface area contributed by atoms with Gasteiger partial charge in [0.15, 0.2) is 0 Å². The molecule has 2 aromatic rings. The van der Waals surface area contributed by atoms with Crippen LogP contribution in [0.5, 0.6) is 0 Å². The fourth-order valence-corrected chi connectivity index (χ4v) is 3.93. The number of ether oxygens (including phenoxy) is 1. The largest absolute Gasteiger partial charge is 0.477 e. The number of nitrogens with one attached hydrogen (secondary N) is 2. The molecule has 29 heavy (non-hydrogen) atoms. The number of carbonyl (C=O) groups is 2. The molecule has 2 aromatic heterocycles. The Labute approximate surface area is 182 Å². The Bertz CT molecular complexity index is 949. The predicted molar refractivity (Wildman–Crippen MR) is 111 cm³/mol. The molecule has 0 spiro atoms. The number of carboxylic acids is 1. The van der Waals surface area contributed by atoms with Gasteiger partial charge < -0.3 is 25.0 Å². The van der Waals surface area contributed by atoms with Gasteiger partial charge in [0.1, 0.15) is 11.4 Å². The molecule has 0 aliphatic carbocycles. The van der Waals surface area contributed by atoms with E-state index in [9.17, 15) is 14.7 Å². The molecular formula is C18H19Cl3N4O4. The Morgan fingerprint density at radius 3 is 2.66 bits per heavy atom. The average molecular weight is 462 g/mol. The van der Waals surface area contributed by atoms with Crippen molar-refractivity contribution in [1.29, 1.82) is 0 Å². The number of hydrogen-bond acceptors (Lipinski definition) is 5. The van der Waals surface area contributed by atoms with Crippen molar-refractivity contribution in [3.05, 3.63) is 44.4 Å². The number of H-pyrrole nitrogens is 1. The standard InChI is InChI=1S/C18H19Cl3N4O4/c1-8-14(20)15(21)16(23-8)17(26)24-10-3-4-25(7-13(10)29-2)12-5-11(18(27)28)22-6-9(12)19/h5-6,10,13,23H,3-4,7H2,1-2H3,(H,24,26)(H,27,28)/t10-,13+/m1/s1. The van der Waals surface area contributed by atoms with Gasteiger partial charge in [0, 0.05) is 32.1 Å². The molecule has 0 radical (unpaired) electrons. The van der Waals surface area contributed by atoms with Crippen LogP contribution in [0.2, 0.25) is 15.1 Å². The topological polar surface area (TPSA) is 108 Å². The van der Waals surface area contributed by atoms with Crippen molar-refractivity contribution in [2.24, 2.45) is 0 Å². The molecule has 2 atom stereocenters. The maximum atomic E-state index is 12.6. The highest BCUT2D eigenvalue weighted by atomic mass is 35.5. The number of methoxy groups -OCH3 is 1. The summed E-state index contributed by atoms with van der Waals surface area (Å²) < 4.78 is 5.57. The number of carboxylic acid groups (broad SMARTS) is 1. The summed E-state index contributed by atoms with van der Waals surface area (Å²) in [4.78, 5) is 32.4. The molecule has 11 heteroatoms. The van der Waals surface area contributed by atoms with Crippen LogP contribution in [0.15, 0.2) is 12.3 Å². The number of piperidine rings is 1. The van der Waals surface area contributed by atoms with Gasteiger partial charge in [-0.3, -0.25) is 4.79 Å². The molecule has 1 fully saturated rings. The van der Waals surface area contributed by atoms with Gasteiger partial charge in [-0.05, 0) is 19.4 Å². The number of pyridine rings is 1. The lowest BCUT2D eigenvalue weighted by atomic mass is 10.0. The van der Waals surface area contributed by atoms with E-state index in [1.54, 1.807) is 14.0 Å². The van der Waals surface area contributed by atoms with Crippen LogP contribution in [-0.4, -0.2) is 59.3 Å². The van der Waals surface area contributed by atoms with Crippen molar-refractivity contribution in [2.45, 2.75) is 25.5 Å². The number of halogens is 3. The second kappa shape index (κ2) is 8.79. The summed E-state index contributed by atoms with van der Waals surface area (Å²) in [5, 5.41) is 12.9. The molecular weight excluding hydrogens is 443 g/mol. The van der Waals surface area contributed by atoms with Crippen molar-refractivity contribution >= 4 is 52.4 Å². The molecule has 1 aliphatic rings. The summed E-state index contributed by atoms with van der Waals surface area (Å²) in [7, 11) is 1.55. The number of carbonyl (C=O) groups excluding carboxylic acids is 1. The van der Waals surface area contributed by atoms with Crippen molar-refractivity contribution in [1.82, 2.24) is 15.3 Å². The van der Waals surface area contributed by atoms with E-state index in [1.807, 2.05) is 4.90 Å². The molecule has 3 heterocycles. The molecule has 0 aromatic carbocycles. The van der Waals surface area contributed by atoms with Crippen molar-refractivity contribution in [3.63, 3.8) is 0 Å². The summed E-state index contributed by atoms with van der Waals surface area (Å²) in [6.07, 6.45) is 1.52. The van der Waals surface area contributed by atoms with Gasteiger partial charge in [-0.1, -0.05) is 34.8 Å². The number of rotatable bonds is 5. The Morgan fingerprint density at radius 2 is 2.07 bits per heavy atom.